The minimum atomic E-state index is -0.310. The number of nitrogen functional groups attached to an aromatic ring is 1. The zero-order chi connectivity index (χ0) is 18.3. The van der Waals surface area contributed by atoms with Gasteiger partial charge in [-0.2, -0.15) is 0 Å². The summed E-state index contributed by atoms with van der Waals surface area (Å²) >= 11 is 2.38. The molecule has 0 bridgehead atoms. The standard InChI is InChI=1S/C21H26IN3O/c1-14-5-6-16(22)12-19(14)24-7-9-25(10-8-24)20-13-17-15(11-21(20)26)3-2-4-18(17)23/h2-6,12,20-21,26H,7-11,13,23H2,1H3/t20-,21-/m1/s1. The molecule has 0 spiro atoms. The number of piperazine rings is 1. The highest BCUT2D eigenvalue weighted by molar-refractivity contribution is 14.1. The Balaban J connectivity index is 1.46. The second-order valence-electron chi connectivity index (χ2n) is 7.48. The van der Waals surface area contributed by atoms with Crippen molar-refractivity contribution >= 4 is 34.0 Å². The monoisotopic (exact) mass is 463 g/mol. The van der Waals surface area contributed by atoms with E-state index in [2.05, 4.69) is 63.6 Å². The number of aliphatic hydroxyl groups is 1. The summed E-state index contributed by atoms with van der Waals surface area (Å²) in [7, 11) is 0. The Kier molecular flexibility index (Phi) is 5.12. The maximum Gasteiger partial charge on any atom is 0.0739 e. The molecular weight excluding hydrogens is 437 g/mol. The summed E-state index contributed by atoms with van der Waals surface area (Å²) in [5.74, 6) is 0. The first-order valence-corrected chi connectivity index (χ1v) is 10.4. The zero-order valence-electron chi connectivity index (χ0n) is 15.2. The predicted octanol–water partition coefficient (Wildman–Crippen LogP) is 2.83. The van der Waals surface area contributed by atoms with Crippen LogP contribution in [0.5, 0.6) is 0 Å². The highest BCUT2D eigenvalue weighted by atomic mass is 127. The fourth-order valence-electron chi connectivity index (χ4n) is 4.39. The van der Waals surface area contributed by atoms with Crippen LogP contribution in [0.4, 0.5) is 11.4 Å². The molecule has 0 amide bonds. The van der Waals surface area contributed by atoms with Crippen molar-refractivity contribution in [3.63, 3.8) is 0 Å². The summed E-state index contributed by atoms with van der Waals surface area (Å²) in [6, 6.07) is 12.9. The van der Waals surface area contributed by atoms with Crippen LogP contribution in [-0.4, -0.2) is 48.3 Å². The van der Waals surface area contributed by atoms with Gasteiger partial charge in [0.05, 0.1) is 6.10 Å². The molecule has 2 aromatic carbocycles. The molecule has 0 unspecified atom stereocenters. The van der Waals surface area contributed by atoms with E-state index in [1.165, 1.54) is 25.9 Å². The van der Waals surface area contributed by atoms with E-state index in [1.54, 1.807) is 0 Å². The smallest absolute Gasteiger partial charge is 0.0739 e. The predicted molar refractivity (Wildman–Crippen MR) is 116 cm³/mol. The maximum absolute atomic E-state index is 10.7. The largest absolute Gasteiger partial charge is 0.398 e. The SMILES string of the molecule is Cc1ccc(I)cc1N1CCN([C@@H]2Cc3c(N)cccc3C[C@H]2O)CC1. The topological polar surface area (TPSA) is 52.7 Å². The molecule has 2 aromatic rings. The van der Waals surface area contributed by atoms with Crippen molar-refractivity contribution in [2.75, 3.05) is 36.8 Å². The number of fused-ring (bicyclic) bond motifs is 1. The lowest BCUT2D eigenvalue weighted by atomic mass is 9.84. The van der Waals surface area contributed by atoms with E-state index < -0.39 is 0 Å². The first-order valence-electron chi connectivity index (χ1n) is 9.32. The van der Waals surface area contributed by atoms with E-state index in [-0.39, 0.29) is 12.1 Å². The lowest BCUT2D eigenvalue weighted by molar-refractivity contribution is 0.0396. The second kappa shape index (κ2) is 7.37. The fraction of sp³-hybridized carbons (Fsp3) is 0.429. The van der Waals surface area contributed by atoms with E-state index in [9.17, 15) is 5.11 Å². The molecule has 2 aliphatic rings. The summed E-state index contributed by atoms with van der Waals surface area (Å²) in [4.78, 5) is 4.94. The Labute approximate surface area is 169 Å². The molecule has 1 heterocycles. The third-order valence-electron chi connectivity index (χ3n) is 5.89. The summed E-state index contributed by atoms with van der Waals surface area (Å²) in [5, 5.41) is 10.7. The third kappa shape index (κ3) is 3.44. The van der Waals surface area contributed by atoms with Crippen LogP contribution in [0.1, 0.15) is 16.7 Å². The Morgan fingerprint density at radius 3 is 2.62 bits per heavy atom. The molecule has 1 saturated heterocycles. The average Bonchev–Trinajstić information content (AvgIpc) is 2.64. The molecule has 4 nitrogen and oxygen atoms in total. The Bertz CT molecular complexity index is 802. The van der Waals surface area contributed by atoms with Gasteiger partial charge in [-0.15, -0.1) is 0 Å². The summed E-state index contributed by atoms with van der Waals surface area (Å²) in [6.07, 6.45) is 1.25. The molecule has 0 radical (unpaired) electrons. The molecule has 5 heteroatoms. The van der Waals surface area contributed by atoms with Gasteiger partial charge in [-0.3, -0.25) is 4.90 Å². The van der Waals surface area contributed by atoms with Crippen LogP contribution in [0.25, 0.3) is 0 Å². The quantitative estimate of drug-likeness (QED) is 0.532. The third-order valence-corrected chi connectivity index (χ3v) is 6.56. The molecule has 0 aromatic heterocycles. The van der Waals surface area contributed by atoms with Crippen molar-refractivity contribution in [2.45, 2.75) is 31.9 Å². The van der Waals surface area contributed by atoms with Crippen molar-refractivity contribution < 1.29 is 5.11 Å². The molecule has 2 atom stereocenters. The molecule has 26 heavy (non-hydrogen) atoms. The highest BCUT2D eigenvalue weighted by Crippen LogP contribution is 2.30. The Morgan fingerprint density at radius 1 is 1.08 bits per heavy atom. The van der Waals surface area contributed by atoms with Gasteiger partial charge < -0.3 is 15.7 Å². The normalized spacial score (nSPS) is 23.7. The van der Waals surface area contributed by atoms with Crippen molar-refractivity contribution in [2.24, 2.45) is 0 Å². The minimum Gasteiger partial charge on any atom is -0.398 e. The molecule has 138 valence electrons. The number of halogens is 1. The van der Waals surface area contributed by atoms with Gasteiger partial charge in [-0.25, -0.2) is 0 Å². The minimum absolute atomic E-state index is 0.173. The van der Waals surface area contributed by atoms with Gasteiger partial charge in [0.15, 0.2) is 0 Å². The molecule has 1 aliphatic carbocycles. The van der Waals surface area contributed by atoms with E-state index in [0.29, 0.717) is 6.42 Å². The lowest BCUT2D eigenvalue weighted by Crippen LogP contribution is -2.56. The summed E-state index contributed by atoms with van der Waals surface area (Å²) in [6.45, 7) is 6.15. The van der Waals surface area contributed by atoms with Gasteiger partial charge in [-0.1, -0.05) is 18.2 Å². The van der Waals surface area contributed by atoms with Gasteiger partial charge in [0, 0.05) is 53.6 Å². The summed E-state index contributed by atoms with van der Waals surface area (Å²) in [5.41, 5.74) is 12.2. The first-order chi connectivity index (χ1) is 12.5. The number of hydrogen-bond acceptors (Lipinski definition) is 4. The number of nitrogens with two attached hydrogens (primary N) is 1. The Morgan fingerprint density at radius 2 is 1.85 bits per heavy atom. The van der Waals surface area contributed by atoms with Gasteiger partial charge in [0.1, 0.15) is 0 Å². The van der Waals surface area contributed by atoms with Crippen LogP contribution in [0.3, 0.4) is 0 Å². The van der Waals surface area contributed by atoms with E-state index in [0.717, 1.165) is 38.3 Å². The van der Waals surface area contributed by atoms with Crippen molar-refractivity contribution in [1.82, 2.24) is 4.90 Å². The van der Waals surface area contributed by atoms with Gasteiger partial charge >= 0.3 is 0 Å². The molecule has 0 saturated carbocycles. The zero-order valence-corrected chi connectivity index (χ0v) is 17.3. The van der Waals surface area contributed by atoms with Crippen LogP contribution in [0.2, 0.25) is 0 Å². The number of aliphatic hydroxyl groups excluding tert-OH is 1. The van der Waals surface area contributed by atoms with Crippen molar-refractivity contribution in [1.29, 1.82) is 0 Å². The summed E-state index contributed by atoms with van der Waals surface area (Å²) < 4.78 is 1.28. The van der Waals surface area contributed by atoms with E-state index in [4.69, 9.17) is 5.73 Å². The number of benzene rings is 2. The van der Waals surface area contributed by atoms with Gasteiger partial charge in [0.25, 0.3) is 0 Å². The maximum atomic E-state index is 10.7. The van der Waals surface area contributed by atoms with E-state index >= 15 is 0 Å². The van der Waals surface area contributed by atoms with Crippen LogP contribution < -0.4 is 10.6 Å². The molecule has 3 N–H and O–H groups in total. The van der Waals surface area contributed by atoms with Crippen LogP contribution in [-0.2, 0) is 12.8 Å². The van der Waals surface area contributed by atoms with Gasteiger partial charge in [0.2, 0.25) is 0 Å². The second-order valence-corrected chi connectivity index (χ2v) is 8.73. The number of anilines is 2. The fourth-order valence-corrected chi connectivity index (χ4v) is 4.87. The molecular formula is C21H26IN3O. The van der Waals surface area contributed by atoms with Gasteiger partial charge in [-0.05, 0) is 70.8 Å². The number of hydrogen-bond donors (Lipinski definition) is 2. The average molecular weight is 463 g/mol. The molecule has 1 fully saturated rings. The van der Waals surface area contributed by atoms with Crippen LogP contribution in [0.15, 0.2) is 36.4 Å². The highest BCUT2D eigenvalue weighted by Gasteiger charge is 2.34. The number of aryl methyl sites for hydroxylation is 1. The van der Waals surface area contributed by atoms with Crippen LogP contribution in [0, 0.1) is 10.5 Å². The van der Waals surface area contributed by atoms with Crippen LogP contribution >= 0.6 is 22.6 Å². The number of nitrogens with zero attached hydrogens (tertiary/aromatic N) is 2. The van der Waals surface area contributed by atoms with E-state index in [1.807, 2.05) is 12.1 Å². The number of rotatable bonds is 2. The Hall–Kier alpha value is -1.31. The molecule has 4 rings (SSSR count). The first kappa shape index (κ1) is 18.1. The van der Waals surface area contributed by atoms with Crippen molar-refractivity contribution in [3.05, 3.63) is 56.7 Å². The molecule has 1 aliphatic heterocycles. The van der Waals surface area contributed by atoms with Crippen molar-refractivity contribution in [3.8, 4) is 0 Å². The lowest BCUT2D eigenvalue weighted by Gasteiger charge is -2.44.